The van der Waals surface area contributed by atoms with Gasteiger partial charge in [0.25, 0.3) is 6.29 Å². The van der Waals surface area contributed by atoms with E-state index in [1.165, 1.54) is 13.8 Å². The summed E-state index contributed by atoms with van der Waals surface area (Å²) in [5.41, 5.74) is 0. The van der Waals surface area contributed by atoms with Crippen molar-refractivity contribution in [2.75, 3.05) is 12.5 Å². The molecule has 88 valence electrons. The Labute approximate surface area is 96.0 Å². The van der Waals surface area contributed by atoms with E-state index in [0.29, 0.717) is 5.88 Å². The Morgan fingerprint density at radius 3 is 2.20 bits per heavy atom. The fourth-order valence-electron chi connectivity index (χ4n) is 0.798. The molecule has 0 saturated carbocycles. The maximum atomic E-state index is 10.6. The Hall–Kier alpha value is -0.593. The summed E-state index contributed by atoms with van der Waals surface area (Å²) in [5.74, 6) is -0.467. The van der Waals surface area contributed by atoms with Crippen LogP contribution in [0.3, 0.4) is 0 Å². The quantitative estimate of drug-likeness (QED) is 0.214. The second-order valence-electron chi connectivity index (χ2n) is 2.77. The van der Waals surface area contributed by atoms with Gasteiger partial charge < -0.3 is 13.9 Å². The first-order valence-electron chi connectivity index (χ1n) is 4.54. The maximum Gasteiger partial charge on any atom is 0.305 e. The summed E-state index contributed by atoms with van der Waals surface area (Å²) >= 11 is 5.47. The van der Waals surface area contributed by atoms with Crippen molar-refractivity contribution in [2.45, 2.75) is 26.2 Å². The van der Waals surface area contributed by atoms with Crippen LogP contribution < -0.4 is 0 Å². The summed E-state index contributed by atoms with van der Waals surface area (Å²) in [5, 5.41) is 0. The highest BCUT2D eigenvalue weighted by atomic mass is 35.5. The molecule has 0 atom stereocenters. The van der Waals surface area contributed by atoms with Crippen molar-refractivity contribution in [3.63, 3.8) is 0 Å². The van der Waals surface area contributed by atoms with E-state index in [-0.39, 0.29) is 6.61 Å². The number of alkyl halides is 1. The summed E-state index contributed by atoms with van der Waals surface area (Å²) in [4.78, 5) is 21.3. The van der Waals surface area contributed by atoms with E-state index in [0.717, 1.165) is 6.04 Å². The highest BCUT2D eigenvalue weighted by Crippen LogP contribution is 1.98. The van der Waals surface area contributed by atoms with Crippen LogP contribution in [0.2, 0.25) is 6.04 Å². The average molecular weight is 255 g/mol. The largest absolute Gasteiger partial charge is 0.423 e. The van der Waals surface area contributed by atoms with E-state index >= 15 is 0 Å². The van der Waals surface area contributed by atoms with Crippen molar-refractivity contribution in [3.05, 3.63) is 0 Å². The van der Waals surface area contributed by atoms with Crippen LogP contribution in [0.15, 0.2) is 0 Å². The second-order valence-corrected chi connectivity index (χ2v) is 4.67. The summed E-state index contributed by atoms with van der Waals surface area (Å²) in [6.07, 6.45) is -0.942. The molecule has 15 heavy (non-hydrogen) atoms. The van der Waals surface area contributed by atoms with Crippen molar-refractivity contribution in [1.82, 2.24) is 0 Å². The van der Waals surface area contributed by atoms with Gasteiger partial charge >= 0.3 is 11.9 Å². The lowest BCUT2D eigenvalue weighted by molar-refractivity contribution is -0.189. The molecule has 0 heterocycles. The number of rotatable bonds is 7. The first-order valence-corrected chi connectivity index (χ1v) is 6.65. The predicted octanol–water partition coefficient (Wildman–Crippen LogP) is 0.196. The molecule has 0 spiro atoms. The van der Waals surface area contributed by atoms with Crippen LogP contribution in [0.4, 0.5) is 0 Å². The van der Waals surface area contributed by atoms with Gasteiger partial charge in [0.1, 0.15) is 6.61 Å². The summed E-state index contributed by atoms with van der Waals surface area (Å²) in [7, 11) is -0.714. The van der Waals surface area contributed by atoms with Crippen LogP contribution in [-0.2, 0) is 23.5 Å². The third-order valence-corrected chi connectivity index (χ3v) is 3.15. The minimum absolute atomic E-state index is 0.0856. The Bertz CT molecular complexity index is 195. The van der Waals surface area contributed by atoms with E-state index in [1.807, 2.05) is 0 Å². The lowest BCUT2D eigenvalue weighted by atomic mass is 10.6. The van der Waals surface area contributed by atoms with Gasteiger partial charge in [0.15, 0.2) is 9.76 Å². The van der Waals surface area contributed by atoms with E-state index in [9.17, 15) is 9.59 Å². The summed E-state index contributed by atoms with van der Waals surface area (Å²) in [6.45, 7) is 2.57. The SMILES string of the molecule is CC(=O)OC(CO[SiH2]CCCl)OC(C)=O. The number of carbonyl (C=O) groups is 2. The molecule has 0 N–H and O–H groups in total. The highest BCUT2D eigenvalue weighted by Gasteiger charge is 2.14. The first kappa shape index (κ1) is 14.4. The van der Waals surface area contributed by atoms with Gasteiger partial charge in [-0.3, -0.25) is 9.59 Å². The zero-order chi connectivity index (χ0) is 11.7. The predicted molar refractivity (Wildman–Crippen MR) is 57.3 cm³/mol. The number of hydrogen-bond donors (Lipinski definition) is 0. The van der Waals surface area contributed by atoms with Crippen molar-refractivity contribution < 1.29 is 23.5 Å². The van der Waals surface area contributed by atoms with Gasteiger partial charge in [0, 0.05) is 19.7 Å². The van der Waals surface area contributed by atoms with Crippen LogP contribution in [0.5, 0.6) is 0 Å². The number of hydrogen-bond acceptors (Lipinski definition) is 5. The molecule has 0 aromatic rings. The molecular weight excluding hydrogens is 240 g/mol. The van der Waals surface area contributed by atoms with Gasteiger partial charge in [0.05, 0.1) is 0 Å². The molecule has 0 aliphatic rings. The molecule has 0 bridgehead atoms. The molecule has 7 heteroatoms. The third kappa shape index (κ3) is 9.71. The molecule has 0 unspecified atom stereocenters. The molecule has 0 fully saturated rings. The van der Waals surface area contributed by atoms with Crippen molar-refractivity contribution in [1.29, 1.82) is 0 Å². The zero-order valence-electron chi connectivity index (χ0n) is 8.82. The van der Waals surface area contributed by atoms with Crippen molar-refractivity contribution in [2.24, 2.45) is 0 Å². The normalized spacial score (nSPS) is 10.9. The highest BCUT2D eigenvalue weighted by molar-refractivity contribution is 6.31. The molecule has 0 aliphatic heterocycles. The van der Waals surface area contributed by atoms with Gasteiger partial charge in [0.2, 0.25) is 0 Å². The van der Waals surface area contributed by atoms with Gasteiger partial charge in [-0.2, -0.15) is 0 Å². The number of esters is 2. The monoisotopic (exact) mass is 254 g/mol. The fourth-order valence-corrected chi connectivity index (χ4v) is 1.80. The Morgan fingerprint density at radius 1 is 1.27 bits per heavy atom. The van der Waals surface area contributed by atoms with Gasteiger partial charge in [-0.1, -0.05) is 0 Å². The standard InChI is InChI=1S/C8H15ClO5Si/c1-6(10)13-8(14-7(2)11)5-12-15-4-3-9/h8H,3-5,15H2,1-2H3. The molecule has 0 amide bonds. The summed E-state index contributed by atoms with van der Waals surface area (Å²) in [6, 6.07) is 0.828. The minimum atomic E-state index is -0.942. The molecular formula is C8H15ClO5Si. The summed E-state index contributed by atoms with van der Waals surface area (Å²) < 4.78 is 14.7. The molecule has 0 aromatic carbocycles. The Balaban J connectivity index is 3.79. The molecule has 0 radical (unpaired) electrons. The molecule has 5 nitrogen and oxygen atoms in total. The lowest BCUT2D eigenvalue weighted by Crippen LogP contribution is -2.28. The van der Waals surface area contributed by atoms with Crippen LogP contribution in [0.25, 0.3) is 0 Å². The van der Waals surface area contributed by atoms with Gasteiger partial charge in [-0.25, -0.2) is 0 Å². The van der Waals surface area contributed by atoms with Crippen LogP contribution in [-0.4, -0.2) is 40.5 Å². The topological polar surface area (TPSA) is 61.8 Å². The zero-order valence-corrected chi connectivity index (χ0v) is 11.0. The first-order chi connectivity index (χ1) is 7.06. The van der Waals surface area contributed by atoms with E-state index < -0.39 is 28.0 Å². The fraction of sp³-hybridized carbons (Fsp3) is 0.750. The smallest absolute Gasteiger partial charge is 0.305 e. The maximum absolute atomic E-state index is 10.6. The van der Waals surface area contributed by atoms with Crippen molar-refractivity contribution in [3.8, 4) is 0 Å². The van der Waals surface area contributed by atoms with E-state index in [4.69, 9.17) is 25.5 Å². The Morgan fingerprint density at radius 2 is 1.80 bits per heavy atom. The Kier molecular flexibility index (Phi) is 8.35. The van der Waals surface area contributed by atoms with Crippen LogP contribution >= 0.6 is 11.6 Å². The molecule has 0 saturated heterocycles. The van der Waals surface area contributed by atoms with Crippen LogP contribution in [0.1, 0.15) is 13.8 Å². The molecule has 0 rings (SSSR count). The number of carbonyl (C=O) groups excluding carboxylic acids is 2. The van der Waals surface area contributed by atoms with Crippen molar-refractivity contribution >= 4 is 33.3 Å². The van der Waals surface area contributed by atoms with Gasteiger partial charge in [-0.05, 0) is 6.04 Å². The lowest BCUT2D eigenvalue weighted by Gasteiger charge is -2.16. The number of ether oxygens (including phenoxy) is 2. The minimum Gasteiger partial charge on any atom is -0.423 e. The number of halogens is 1. The average Bonchev–Trinajstić information content (AvgIpc) is 2.10. The third-order valence-electron chi connectivity index (χ3n) is 1.27. The molecule has 0 aromatic heterocycles. The second kappa shape index (κ2) is 8.69. The van der Waals surface area contributed by atoms with Crippen LogP contribution in [0, 0.1) is 0 Å². The van der Waals surface area contributed by atoms with E-state index in [2.05, 4.69) is 0 Å². The van der Waals surface area contributed by atoms with Gasteiger partial charge in [-0.15, -0.1) is 11.6 Å². The molecule has 0 aliphatic carbocycles. The van der Waals surface area contributed by atoms with E-state index in [1.54, 1.807) is 0 Å².